The van der Waals surface area contributed by atoms with Gasteiger partial charge in [-0.1, -0.05) is 31.3 Å². The fourth-order valence-corrected chi connectivity index (χ4v) is 1.77. The van der Waals surface area contributed by atoms with Crippen molar-refractivity contribution in [1.82, 2.24) is 5.32 Å². The summed E-state index contributed by atoms with van der Waals surface area (Å²) in [5, 5.41) is 11.6. The molecule has 0 heterocycles. The zero-order chi connectivity index (χ0) is 15.5. The van der Waals surface area contributed by atoms with Crippen LogP contribution < -0.4 is 5.32 Å². The number of amides is 1. The molecule has 114 valence electrons. The number of carbonyl (C=O) groups is 1. The molecule has 0 unspecified atom stereocenters. The molecular weight excluding hydrogens is 266 g/mol. The molecule has 4 heteroatoms. The standard InChI is InChI=1S/C17H23NO3/c1-3-4-11-21-12-9-18-17(20)16-8-7-14(2)13-15(16)6-5-10-19/h7-8,13,19H,3-4,9-12H2,1-2H3,(H,18,20). The lowest BCUT2D eigenvalue weighted by Gasteiger charge is -2.08. The Balaban J connectivity index is 2.57. The summed E-state index contributed by atoms with van der Waals surface area (Å²) < 4.78 is 5.40. The molecule has 0 aliphatic heterocycles. The summed E-state index contributed by atoms with van der Waals surface area (Å²) in [7, 11) is 0. The fraction of sp³-hybridized carbons (Fsp3) is 0.471. The molecule has 1 amide bonds. The van der Waals surface area contributed by atoms with Gasteiger partial charge in [0.2, 0.25) is 0 Å². The van der Waals surface area contributed by atoms with Crippen molar-refractivity contribution in [2.75, 3.05) is 26.4 Å². The van der Waals surface area contributed by atoms with Gasteiger partial charge in [0.25, 0.3) is 5.91 Å². The average Bonchev–Trinajstić information content (AvgIpc) is 2.48. The van der Waals surface area contributed by atoms with Crippen LogP contribution in [0.3, 0.4) is 0 Å². The van der Waals surface area contributed by atoms with E-state index in [-0.39, 0.29) is 12.5 Å². The summed E-state index contributed by atoms with van der Waals surface area (Å²) in [5.74, 6) is 5.22. The molecule has 4 nitrogen and oxygen atoms in total. The number of aliphatic hydroxyl groups excluding tert-OH is 1. The van der Waals surface area contributed by atoms with Crippen molar-refractivity contribution in [1.29, 1.82) is 0 Å². The van der Waals surface area contributed by atoms with Crippen LogP contribution in [-0.4, -0.2) is 37.4 Å². The molecule has 0 radical (unpaired) electrons. The number of hydrogen-bond acceptors (Lipinski definition) is 3. The highest BCUT2D eigenvalue weighted by Crippen LogP contribution is 2.10. The second kappa shape index (κ2) is 9.98. The average molecular weight is 289 g/mol. The number of ether oxygens (including phenoxy) is 1. The van der Waals surface area contributed by atoms with Gasteiger partial charge < -0.3 is 15.2 Å². The van der Waals surface area contributed by atoms with Crippen LogP contribution in [-0.2, 0) is 4.74 Å². The highest BCUT2D eigenvalue weighted by Gasteiger charge is 2.09. The Hall–Kier alpha value is -1.83. The molecule has 2 N–H and O–H groups in total. The molecule has 1 aromatic carbocycles. The minimum absolute atomic E-state index is 0.170. The number of rotatable bonds is 7. The van der Waals surface area contributed by atoms with Gasteiger partial charge in [-0.25, -0.2) is 0 Å². The molecule has 0 aliphatic rings. The molecule has 0 saturated carbocycles. The summed E-state index contributed by atoms with van der Waals surface area (Å²) in [4.78, 5) is 12.1. The van der Waals surface area contributed by atoms with Crippen LogP contribution in [0.1, 0.15) is 41.3 Å². The summed E-state index contributed by atoms with van der Waals surface area (Å²) in [5.41, 5.74) is 2.18. The van der Waals surface area contributed by atoms with E-state index in [4.69, 9.17) is 9.84 Å². The highest BCUT2D eigenvalue weighted by molar-refractivity contribution is 5.96. The van der Waals surface area contributed by atoms with E-state index in [2.05, 4.69) is 24.1 Å². The van der Waals surface area contributed by atoms with Crippen molar-refractivity contribution >= 4 is 5.91 Å². The molecule has 0 aromatic heterocycles. The normalized spacial score (nSPS) is 9.86. The zero-order valence-electron chi connectivity index (χ0n) is 12.7. The van der Waals surface area contributed by atoms with Gasteiger partial charge in [-0.15, -0.1) is 0 Å². The minimum atomic E-state index is -0.222. The number of hydrogen-bond donors (Lipinski definition) is 2. The van der Waals surface area contributed by atoms with Crippen LogP contribution in [0.5, 0.6) is 0 Å². The number of carbonyl (C=O) groups excluding carboxylic acids is 1. The van der Waals surface area contributed by atoms with E-state index < -0.39 is 0 Å². The Bertz CT molecular complexity index is 515. The Morgan fingerprint density at radius 1 is 1.38 bits per heavy atom. The van der Waals surface area contributed by atoms with Gasteiger partial charge in [-0.3, -0.25) is 4.79 Å². The number of aliphatic hydroxyl groups is 1. The first-order chi connectivity index (χ1) is 10.2. The maximum Gasteiger partial charge on any atom is 0.252 e. The van der Waals surface area contributed by atoms with Crippen molar-refractivity contribution < 1.29 is 14.6 Å². The first-order valence-electron chi connectivity index (χ1n) is 7.25. The van der Waals surface area contributed by atoms with E-state index in [1.807, 2.05) is 19.1 Å². The van der Waals surface area contributed by atoms with Gasteiger partial charge in [0, 0.05) is 18.7 Å². The Labute approximate surface area is 126 Å². The molecule has 0 bridgehead atoms. The third-order valence-electron chi connectivity index (χ3n) is 2.90. The van der Waals surface area contributed by atoms with Crippen LogP contribution in [0.2, 0.25) is 0 Å². The number of aryl methyl sites for hydroxylation is 1. The lowest BCUT2D eigenvalue weighted by atomic mass is 10.0. The van der Waals surface area contributed by atoms with E-state index in [0.29, 0.717) is 24.3 Å². The second-order valence-corrected chi connectivity index (χ2v) is 4.73. The highest BCUT2D eigenvalue weighted by atomic mass is 16.5. The van der Waals surface area contributed by atoms with Crippen LogP contribution >= 0.6 is 0 Å². The maximum atomic E-state index is 12.1. The Kier molecular flexibility index (Phi) is 8.18. The van der Waals surface area contributed by atoms with Crippen molar-refractivity contribution in [2.45, 2.75) is 26.7 Å². The first-order valence-corrected chi connectivity index (χ1v) is 7.25. The van der Waals surface area contributed by atoms with Crippen LogP contribution in [0.4, 0.5) is 0 Å². The van der Waals surface area contributed by atoms with Crippen LogP contribution in [0, 0.1) is 18.8 Å². The van der Waals surface area contributed by atoms with Gasteiger partial charge in [0.1, 0.15) is 6.61 Å². The summed E-state index contributed by atoms with van der Waals surface area (Å²) >= 11 is 0. The topological polar surface area (TPSA) is 58.6 Å². The van der Waals surface area contributed by atoms with E-state index >= 15 is 0 Å². The lowest BCUT2D eigenvalue weighted by Crippen LogP contribution is -2.28. The monoisotopic (exact) mass is 289 g/mol. The largest absolute Gasteiger partial charge is 0.384 e. The van der Waals surface area contributed by atoms with E-state index in [0.717, 1.165) is 25.0 Å². The lowest BCUT2D eigenvalue weighted by molar-refractivity contribution is 0.0912. The SMILES string of the molecule is CCCCOCCNC(=O)c1ccc(C)cc1C#CCO. The first kappa shape index (κ1) is 17.2. The molecule has 0 fully saturated rings. The number of nitrogens with one attached hydrogen (secondary N) is 1. The van der Waals surface area contributed by atoms with Crippen molar-refractivity contribution in [3.05, 3.63) is 34.9 Å². The van der Waals surface area contributed by atoms with E-state index in [1.54, 1.807) is 6.07 Å². The quantitative estimate of drug-likeness (QED) is 0.595. The van der Waals surface area contributed by atoms with Gasteiger partial charge in [-0.2, -0.15) is 0 Å². The van der Waals surface area contributed by atoms with Crippen molar-refractivity contribution in [3.8, 4) is 11.8 Å². The minimum Gasteiger partial charge on any atom is -0.384 e. The van der Waals surface area contributed by atoms with Gasteiger partial charge >= 0.3 is 0 Å². The molecular formula is C17H23NO3. The summed E-state index contributed by atoms with van der Waals surface area (Å²) in [6.45, 7) is 5.54. The molecule has 0 spiro atoms. The summed E-state index contributed by atoms with van der Waals surface area (Å²) in [6, 6.07) is 5.47. The predicted molar refractivity (Wildman–Crippen MR) is 83.2 cm³/mol. The van der Waals surface area contributed by atoms with E-state index in [1.165, 1.54) is 0 Å². The van der Waals surface area contributed by atoms with Gasteiger partial charge in [0.15, 0.2) is 0 Å². The van der Waals surface area contributed by atoms with E-state index in [9.17, 15) is 4.79 Å². The maximum absolute atomic E-state index is 12.1. The second-order valence-electron chi connectivity index (χ2n) is 4.73. The molecule has 0 aliphatic carbocycles. The predicted octanol–water partition coefficient (Wildman–Crippen LogP) is 1.89. The molecule has 21 heavy (non-hydrogen) atoms. The Morgan fingerprint density at radius 3 is 2.90 bits per heavy atom. The Morgan fingerprint density at radius 2 is 2.19 bits per heavy atom. The number of benzene rings is 1. The molecule has 0 saturated heterocycles. The fourth-order valence-electron chi connectivity index (χ4n) is 1.77. The van der Waals surface area contributed by atoms with Crippen LogP contribution in [0.15, 0.2) is 18.2 Å². The third kappa shape index (κ3) is 6.44. The smallest absolute Gasteiger partial charge is 0.252 e. The molecule has 0 atom stereocenters. The summed E-state index contributed by atoms with van der Waals surface area (Å²) in [6.07, 6.45) is 2.13. The molecule has 1 rings (SSSR count). The van der Waals surface area contributed by atoms with Crippen molar-refractivity contribution in [3.63, 3.8) is 0 Å². The third-order valence-corrected chi connectivity index (χ3v) is 2.90. The van der Waals surface area contributed by atoms with Gasteiger partial charge in [0.05, 0.1) is 12.2 Å². The molecule has 1 aromatic rings. The van der Waals surface area contributed by atoms with Crippen LogP contribution in [0.25, 0.3) is 0 Å². The zero-order valence-corrected chi connectivity index (χ0v) is 12.7. The van der Waals surface area contributed by atoms with Gasteiger partial charge in [-0.05, 0) is 31.0 Å². The number of unbranched alkanes of at least 4 members (excludes halogenated alkanes) is 1. The van der Waals surface area contributed by atoms with Crippen molar-refractivity contribution in [2.24, 2.45) is 0 Å².